The zero-order valence-corrected chi connectivity index (χ0v) is 10.9. The second-order valence-electron chi connectivity index (χ2n) is 3.64. The molecule has 90 valence electrons. The maximum atomic E-state index is 11.1. The molecule has 0 aliphatic rings. The summed E-state index contributed by atoms with van der Waals surface area (Å²) in [5.74, 6) is -0.254. The Hall–Kier alpha value is -1.40. The topological polar surface area (TPSA) is 66.6 Å². The summed E-state index contributed by atoms with van der Waals surface area (Å²) in [4.78, 5) is 15.3. The maximum absolute atomic E-state index is 11.1. The number of imidazole rings is 1. The van der Waals surface area contributed by atoms with Gasteiger partial charge in [-0.3, -0.25) is 0 Å². The largest absolute Gasteiger partial charge is 0.476 e. The Morgan fingerprint density at radius 3 is 3.06 bits per heavy atom. The average molecular weight is 298 g/mol. The Morgan fingerprint density at radius 2 is 2.41 bits per heavy atom. The molecule has 2 aromatic heterocycles. The number of nitrogens with one attached hydrogen (secondary N) is 1. The summed E-state index contributed by atoms with van der Waals surface area (Å²) in [5, 5.41) is 12.1. The standard InChI is InChI=1S/C11H12BrN3O2/c1-13-4-2-9-14-10(11(16)17)8-6-7(12)3-5-15(8)9/h3,5-6,13H,2,4H2,1H3,(H,16,17). The fourth-order valence-corrected chi connectivity index (χ4v) is 2.03. The lowest BCUT2D eigenvalue weighted by Gasteiger charge is -2.00. The van der Waals surface area contributed by atoms with Crippen LogP contribution in [0.15, 0.2) is 22.8 Å². The van der Waals surface area contributed by atoms with Gasteiger partial charge in [-0.2, -0.15) is 0 Å². The SMILES string of the molecule is CNCCc1nc(C(=O)O)c2cc(Br)ccn12. The highest BCUT2D eigenvalue weighted by Gasteiger charge is 2.16. The zero-order chi connectivity index (χ0) is 12.4. The van der Waals surface area contributed by atoms with Crippen molar-refractivity contribution >= 4 is 27.4 Å². The predicted octanol–water partition coefficient (Wildman–Crippen LogP) is 1.56. The zero-order valence-electron chi connectivity index (χ0n) is 9.27. The highest BCUT2D eigenvalue weighted by Crippen LogP contribution is 2.18. The van der Waals surface area contributed by atoms with Gasteiger partial charge in [-0.1, -0.05) is 15.9 Å². The van der Waals surface area contributed by atoms with Crippen LogP contribution in [0.25, 0.3) is 5.52 Å². The number of pyridine rings is 1. The van der Waals surface area contributed by atoms with Gasteiger partial charge in [-0.15, -0.1) is 0 Å². The molecule has 0 unspecified atom stereocenters. The summed E-state index contributed by atoms with van der Waals surface area (Å²) in [6.07, 6.45) is 2.51. The van der Waals surface area contributed by atoms with E-state index in [1.54, 1.807) is 6.07 Å². The molecule has 0 saturated heterocycles. The lowest BCUT2D eigenvalue weighted by Crippen LogP contribution is -2.12. The Bertz CT molecular complexity index is 565. The molecule has 2 N–H and O–H groups in total. The fraction of sp³-hybridized carbons (Fsp3) is 0.273. The number of likely N-dealkylation sites (N-methyl/N-ethyl adjacent to an activating group) is 1. The van der Waals surface area contributed by atoms with Crippen LogP contribution in [0, 0.1) is 0 Å². The first kappa shape index (κ1) is 12.1. The summed E-state index contributed by atoms with van der Waals surface area (Å²) < 4.78 is 2.65. The van der Waals surface area contributed by atoms with Gasteiger partial charge in [0.2, 0.25) is 0 Å². The molecule has 0 radical (unpaired) electrons. The molecule has 17 heavy (non-hydrogen) atoms. The molecular formula is C11H12BrN3O2. The van der Waals surface area contributed by atoms with Crippen molar-refractivity contribution in [2.45, 2.75) is 6.42 Å². The average Bonchev–Trinajstić information content (AvgIpc) is 2.64. The van der Waals surface area contributed by atoms with E-state index in [9.17, 15) is 4.79 Å². The van der Waals surface area contributed by atoms with Crippen molar-refractivity contribution < 1.29 is 9.90 Å². The number of nitrogens with zero attached hydrogens (tertiary/aromatic N) is 2. The van der Waals surface area contributed by atoms with E-state index in [2.05, 4.69) is 26.2 Å². The Balaban J connectivity index is 2.58. The van der Waals surface area contributed by atoms with Crippen LogP contribution in [0.5, 0.6) is 0 Å². The number of aromatic carboxylic acids is 1. The normalized spacial score (nSPS) is 10.9. The maximum Gasteiger partial charge on any atom is 0.356 e. The number of fused-ring (bicyclic) bond motifs is 1. The Kier molecular flexibility index (Phi) is 3.44. The third-order valence-electron chi connectivity index (χ3n) is 2.48. The lowest BCUT2D eigenvalue weighted by atomic mass is 10.3. The first-order valence-corrected chi connectivity index (χ1v) is 5.97. The molecule has 6 heteroatoms. The smallest absolute Gasteiger partial charge is 0.356 e. The summed E-state index contributed by atoms with van der Waals surface area (Å²) >= 11 is 3.33. The van der Waals surface area contributed by atoms with Crippen molar-refractivity contribution in [3.05, 3.63) is 34.3 Å². The first-order chi connectivity index (χ1) is 8.13. The van der Waals surface area contributed by atoms with E-state index in [0.717, 1.165) is 16.8 Å². The number of halogens is 1. The van der Waals surface area contributed by atoms with Crippen molar-refractivity contribution in [1.29, 1.82) is 0 Å². The van der Waals surface area contributed by atoms with E-state index in [1.165, 1.54) is 0 Å². The van der Waals surface area contributed by atoms with Gasteiger partial charge in [-0.25, -0.2) is 9.78 Å². The summed E-state index contributed by atoms with van der Waals surface area (Å²) in [5.41, 5.74) is 0.704. The molecule has 0 aliphatic heterocycles. The minimum atomic E-state index is -1.00. The van der Waals surface area contributed by atoms with E-state index < -0.39 is 5.97 Å². The van der Waals surface area contributed by atoms with Crippen LogP contribution in [-0.4, -0.2) is 34.1 Å². The summed E-state index contributed by atoms with van der Waals surface area (Å²) in [6.45, 7) is 0.758. The molecular weight excluding hydrogens is 286 g/mol. The monoisotopic (exact) mass is 297 g/mol. The molecule has 2 aromatic rings. The highest BCUT2D eigenvalue weighted by atomic mass is 79.9. The van der Waals surface area contributed by atoms with Crippen LogP contribution in [0.3, 0.4) is 0 Å². The number of hydrogen-bond donors (Lipinski definition) is 2. The number of aromatic nitrogens is 2. The van der Waals surface area contributed by atoms with Gasteiger partial charge in [-0.05, 0) is 19.2 Å². The molecule has 0 atom stereocenters. The van der Waals surface area contributed by atoms with Crippen molar-refractivity contribution in [3.8, 4) is 0 Å². The van der Waals surface area contributed by atoms with Crippen molar-refractivity contribution in [3.63, 3.8) is 0 Å². The van der Waals surface area contributed by atoms with Crippen LogP contribution in [0.2, 0.25) is 0 Å². The second-order valence-corrected chi connectivity index (χ2v) is 4.55. The minimum Gasteiger partial charge on any atom is -0.476 e. The molecule has 2 heterocycles. The molecule has 0 aromatic carbocycles. The van der Waals surface area contributed by atoms with Crippen LogP contribution >= 0.6 is 15.9 Å². The first-order valence-electron chi connectivity index (χ1n) is 5.18. The number of carboxylic acid groups (broad SMARTS) is 1. The van der Waals surface area contributed by atoms with Gasteiger partial charge in [0.25, 0.3) is 0 Å². The molecule has 0 aliphatic carbocycles. The predicted molar refractivity (Wildman–Crippen MR) is 67.5 cm³/mol. The number of rotatable bonds is 4. The third-order valence-corrected chi connectivity index (χ3v) is 2.97. The van der Waals surface area contributed by atoms with Gasteiger partial charge < -0.3 is 14.8 Å². The minimum absolute atomic E-state index is 0.0948. The Labute approximate surface area is 107 Å². The molecule has 2 rings (SSSR count). The van der Waals surface area contributed by atoms with Crippen LogP contribution in [0.1, 0.15) is 16.3 Å². The van der Waals surface area contributed by atoms with Gasteiger partial charge in [0.15, 0.2) is 5.69 Å². The van der Waals surface area contributed by atoms with E-state index >= 15 is 0 Å². The van der Waals surface area contributed by atoms with E-state index in [0.29, 0.717) is 11.9 Å². The van der Waals surface area contributed by atoms with Gasteiger partial charge in [0.05, 0.1) is 5.52 Å². The van der Waals surface area contributed by atoms with Gasteiger partial charge >= 0.3 is 5.97 Å². The molecule has 0 spiro atoms. The Morgan fingerprint density at radius 1 is 1.65 bits per heavy atom. The third kappa shape index (κ3) is 2.32. The molecule has 0 bridgehead atoms. The van der Waals surface area contributed by atoms with Crippen LogP contribution < -0.4 is 5.32 Å². The number of hydrogen-bond acceptors (Lipinski definition) is 3. The highest BCUT2D eigenvalue weighted by molar-refractivity contribution is 9.10. The molecule has 0 amide bonds. The van der Waals surface area contributed by atoms with Gasteiger partial charge in [0.1, 0.15) is 5.82 Å². The summed E-state index contributed by atoms with van der Waals surface area (Å²) in [6, 6.07) is 3.63. The van der Waals surface area contributed by atoms with Crippen molar-refractivity contribution in [2.75, 3.05) is 13.6 Å². The van der Waals surface area contributed by atoms with Crippen LogP contribution in [-0.2, 0) is 6.42 Å². The summed E-state index contributed by atoms with van der Waals surface area (Å²) in [7, 11) is 1.85. The quantitative estimate of drug-likeness (QED) is 0.899. The molecule has 0 fully saturated rings. The van der Waals surface area contributed by atoms with Crippen molar-refractivity contribution in [2.24, 2.45) is 0 Å². The number of carbonyl (C=O) groups is 1. The van der Waals surface area contributed by atoms with Crippen LogP contribution in [0.4, 0.5) is 0 Å². The lowest BCUT2D eigenvalue weighted by molar-refractivity contribution is 0.0693. The second kappa shape index (κ2) is 4.85. The fourth-order valence-electron chi connectivity index (χ4n) is 1.69. The molecule has 5 nitrogen and oxygen atoms in total. The van der Waals surface area contributed by atoms with Gasteiger partial charge in [0, 0.05) is 23.6 Å². The van der Waals surface area contributed by atoms with E-state index in [4.69, 9.17) is 5.11 Å². The van der Waals surface area contributed by atoms with E-state index in [-0.39, 0.29) is 5.69 Å². The van der Waals surface area contributed by atoms with E-state index in [1.807, 2.05) is 23.7 Å². The van der Waals surface area contributed by atoms with Crippen molar-refractivity contribution in [1.82, 2.24) is 14.7 Å². The molecule has 0 saturated carbocycles. The number of carboxylic acids is 1.